The maximum Gasteiger partial charge on any atom is 0.573 e. The third-order valence-electron chi connectivity index (χ3n) is 5.11. The third-order valence-corrected chi connectivity index (χ3v) is 5.11. The molecule has 0 bridgehead atoms. The molecule has 1 aromatic carbocycles. The summed E-state index contributed by atoms with van der Waals surface area (Å²) in [6, 6.07) is 7.75. The molecule has 1 fully saturated rings. The van der Waals surface area contributed by atoms with Gasteiger partial charge in [0, 0.05) is 29.4 Å². The van der Waals surface area contributed by atoms with Gasteiger partial charge in [-0.25, -0.2) is 4.79 Å². The van der Waals surface area contributed by atoms with E-state index in [1.807, 2.05) is 4.57 Å². The lowest BCUT2D eigenvalue weighted by molar-refractivity contribution is -0.274. The van der Waals surface area contributed by atoms with Crippen LogP contribution in [-0.4, -0.2) is 22.0 Å². The molecule has 0 saturated heterocycles. The topological polar surface area (TPSA) is 51.5 Å². The number of aromatic carboxylic acids is 1. The minimum atomic E-state index is -4.77. The molecule has 27 heavy (non-hydrogen) atoms. The number of hydrogen-bond acceptors (Lipinski definition) is 2. The SMILES string of the molecule is Cc1c(C(=O)O)cc(Cc2ccccc2OC(F)(F)F)n1C1CCCCC1. The van der Waals surface area contributed by atoms with Crippen molar-refractivity contribution in [3.05, 3.63) is 52.8 Å². The highest BCUT2D eigenvalue weighted by atomic mass is 19.4. The van der Waals surface area contributed by atoms with Crippen molar-refractivity contribution in [2.24, 2.45) is 0 Å². The largest absolute Gasteiger partial charge is 0.573 e. The van der Waals surface area contributed by atoms with Gasteiger partial charge in [-0.05, 0) is 31.9 Å². The number of hydrogen-bond donors (Lipinski definition) is 1. The van der Waals surface area contributed by atoms with E-state index in [4.69, 9.17) is 0 Å². The number of halogens is 3. The summed E-state index contributed by atoms with van der Waals surface area (Å²) in [6.45, 7) is 1.76. The molecular formula is C20H22F3NO3. The Kier molecular flexibility index (Phi) is 5.48. The smallest absolute Gasteiger partial charge is 0.478 e. The number of para-hydroxylation sites is 1. The summed E-state index contributed by atoms with van der Waals surface area (Å²) in [5.74, 6) is -1.28. The van der Waals surface area contributed by atoms with E-state index in [1.54, 1.807) is 25.1 Å². The Morgan fingerprint density at radius 3 is 2.52 bits per heavy atom. The van der Waals surface area contributed by atoms with Gasteiger partial charge in [-0.2, -0.15) is 0 Å². The van der Waals surface area contributed by atoms with Crippen LogP contribution in [0.5, 0.6) is 5.75 Å². The Labute approximate surface area is 155 Å². The van der Waals surface area contributed by atoms with Crippen molar-refractivity contribution in [2.75, 3.05) is 0 Å². The number of rotatable bonds is 5. The van der Waals surface area contributed by atoms with E-state index >= 15 is 0 Å². The number of carboxylic acid groups (broad SMARTS) is 1. The number of carboxylic acids is 1. The first kappa shape index (κ1) is 19.3. The number of carbonyl (C=O) groups is 1. The molecule has 3 rings (SSSR count). The molecular weight excluding hydrogens is 359 g/mol. The molecule has 0 spiro atoms. The van der Waals surface area contributed by atoms with E-state index in [0.717, 1.165) is 32.1 Å². The zero-order chi connectivity index (χ0) is 19.6. The minimum Gasteiger partial charge on any atom is -0.478 e. The zero-order valence-corrected chi connectivity index (χ0v) is 15.1. The number of benzene rings is 1. The summed E-state index contributed by atoms with van der Waals surface area (Å²) in [5.41, 5.74) is 1.93. The second kappa shape index (κ2) is 7.66. The standard InChI is InChI=1S/C20H22F3NO3/c1-13-17(19(25)26)12-16(24(13)15-8-3-2-4-9-15)11-14-7-5-6-10-18(14)27-20(21,22)23/h5-7,10,12,15H,2-4,8-9,11H2,1H3,(H,25,26). The Balaban J connectivity index is 2.00. The van der Waals surface area contributed by atoms with Gasteiger partial charge in [0.05, 0.1) is 5.56 Å². The Bertz CT molecular complexity index is 820. The van der Waals surface area contributed by atoms with Crippen LogP contribution >= 0.6 is 0 Å². The molecule has 1 heterocycles. The lowest BCUT2D eigenvalue weighted by atomic mass is 9.94. The van der Waals surface area contributed by atoms with Gasteiger partial charge in [-0.15, -0.1) is 13.2 Å². The summed E-state index contributed by atoms with van der Waals surface area (Å²) in [5, 5.41) is 9.49. The number of ether oxygens (including phenoxy) is 1. The predicted molar refractivity (Wildman–Crippen MR) is 94.2 cm³/mol. The number of nitrogens with zero attached hydrogens (tertiary/aromatic N) is 1. The van der Waals surface area contributed by atoms with Crippen LogP contribution in [0.25, 0.3) is 0 Å². The lowest BCUT2D eigenvalue weighted by Crippen LogP contribution is -2.19. The fourth-order valence-corrected chi connectivity index (χ4v) is 3.96. The van der Waals surface area contributed by atoms with Crippen LogP contribution in [0.4, 0.5) is 13.2 Å². The molecule has 7 heteroatoms. The molecule has 0 radical (unpaired) electrons. The van der Waals surface area contributed by atoms with Gasteiger partial charge in [0.25, 0.3) is 0 Å². The van der Waals surface area contributed by atoms with E-state index in [-0.39, 0.29) is 23.8 Å². The van der Waals surface area contributed by atoms with Crippen molar-refractivity contribution in [3.8, 4) is 5.75 Å². The number of aromatic nitrogens is 1. The molecule has 1 aliphatic carbocycles. The van der Waals surface area contributed by atoms with Gasteiger partial charge in [-0.3, -0.25) is 0 Å². The summed E-state index contributed by atoms with van der Waals surface area (Å²) in [4.78, 5) is 11.6. The van der Waals surface area contributed by atoms with Crippen LogP contribution in [0, 0.1) is 6.92 Å². The highest BCUT2D eigenvalue weighted by Gasteiger charge is 2.32. The van der Waals surface area contributed by atoms with Gasteiger partial charge in [0.15, 0.2) is 0 Å². The maximum absolute atomic E-state index is 12.7. The normalized spacial score (nSPS) is 15.7. The second-order valence-corrected chi connectivity index (χ2v) is 6.93. The maximum atomic E-state index is 12.7. The van der Waals surface area contributed by atoms with Crippen LogP contribution in [0.1, 0.15) is 65.5 Å². The second-order valence-electron chi connectivity index (χ2n) is 6.93. The molecule has 4 nitrogen and oxygen atoms in total. The van der Waals surface area contributed by atoms with Crippen LogP contribution < -0.4 is 4.74 Å². The van der Waals surface area contributed by atoms with Crippen LogP contribution in [0.2, 0.25) is 0 Å². The zero-order valence-electron chi connectivity index (χ0n) is 15.1. The van der Waals surface area contributed by atoms with Gasteiger partial charge >= 0.3 is 12.3 Å². The van der Waals surface area contributed by atoms with Gasteiger partial charge < -0.3 is 14.4 Å². The van der Waals surface area contributed by atoms with Crippen molar-refractivity contribution >= 4 is 5.97 Å². The van der Waals surface area contributed by atoms with E-state index < -0.39 is 12.3 Å². The molecule has 0 atom stereocenters. The van der Waals surface area contributed by atoms with Crippen molar-refractivity contribution in [1.82, 2.24) is 4.57 Å². The molecule has 2 aromatic rings. The summed E-state index contributed by atoms with van der Waals surface area (Å²) < 4.78 is 44.3. The first-order chi connectivity index (χ1) is 12.8. The third kappa shape index (κ3) is 4.46. The molecule has 1 saturated carbocycles. The summed E-state index contributed by atoms with van der Waals surface area (Å²) in [6.07, 6.45) is 0.584. The van der Waals surface area contributed by atoms with Crippen LogP contribution in [-0.2, 0) is 6.42 Å². The molecule has 1 aromatic heterocycles. The van der Waals surface area contributed by atoms with E-state index in [0.29, 0.717) is 17.0 Å². The Morgan fingerprint density at radius 2 is 1.89 bits per heavy atom. The molecule has 146 valence electrons. The Hall–Kier alpha value is -2.44. The Morgan fingerprint density at radius 1 is 1.22 bits per heavy atom. The molecule has 1 aliphatic rings. The summed E-state index contributed by atoms with van der Waals surface area (Å²) in [7, 11) is 0. The molecule has 0 unspecified atom stereocenters. The van der Waals surface area contributed by atoms with E-state index in [2.05, 4.69) is 4.74 Å². The van der Waals surface area contributed by atoms with Crippen molar-refractivity contribution < 1.29 is 27.8 Å². The van der Waals surface area contributed by atoms with Crippen molar-refractivity contribution in [2.45, 2.75) is 57.9 Å². The van der Waals surface area contributed by atoms with Gasteiger partial charge in [-0.1, -0.05) is 37.5 Å². The lowest BCUT2D eigenvalue weighted by Gasteiger charge is -2.27. The van der Waals surface area contributed by atoms with Crippen molar-refractivity contribution in [3.63, 3.8) is 0 Å². The highest BCUT2D eigenvalue weighted by molar-refractivity contribution is 5.89. The fourth-order valence-electron chi connectivity index (χ4n) is 3.96. The predicted octanol–water partition coefficient (Wildman–Crippen LogP) is 5.49. The minimum absolute atomic E-state index is 0.177. The van der Waals surface area contributed by atoms with Gasteiger partial charge in [0.1, 0.15) is 5.75 Å². The van der Waals surface area contributed by atoms with Crippen LogP contribution in [0.15, 0.2) is 30.3 Å². The molecule has 1 N–H and O–H groups in total. The quantitative estimate of drug-likeness (QED) is 0.745. The van der Waals surface area contributed by atoms with E-state index in [9.17, 15) is 23.1 Å². The average molecular weight is 381 g/mol. The first-order valence-electron chi connectivity index (χ1n) is 9.04. The first-order valence-corrected chi connectivity index (χ1v) is 9.04. The molecule has 0 aliphatic heterocycles. The molecule has 0 amide bonds. The number of alkyl halides is 3. The van der Waals surface area contributed by atoms with Gasteiger partial charge in [0.2, 0.25) is 0 Å². The van der Waals surface area contributed by atoms with E-state index in [1.165, 1.54) is 12.1 Å². The average Bonchev–Trinajstić information content (AvgIpc) is 2.92. The van der Waals surface area contributed by atoms with Crippen LogP contribution in [0.3, 0.4) is 0 Å². The van der Waals surface area contributed by atoms with Crippen molar-refractivity contribution in [1.29, 1.82) is 0 Å². The highest BCUT2D eigenvalue weighted by Crippen LogP contribution is 2.35. The monoisotopic (exact) mass is 381 g/mol. The fraction of sp³-hybridized carbons (Fsp3) is 0.450. The summed E-state index contributed by atoms with van der Waals surface area (Å²) >= 11 is 0.